The SMILES string of the molecule is CC(C)C[C@H](C[C@H](CSC(c1ccccc1)(c1ccccc1)c1ccccc1)O[Si](C)(C)C(C)(C)C)C(=O)N[C@@H](C)C(C)(C)CC(N)=O. The average molecular weight is 689 g/mol. The van der Waals surface area contributed by atoms with Crippen LogP contribution in [0.4, 0.5) is 0 Å². The molecule has 262 valence electrons. The highest BCUT2D eigenvalue weighted by Crippen LogP contribution is 2.49. The first-order valence-electron chi connectivity index (χ1n) is 17.5. The number of thioether (sulfide) groups is 1. The molecule has 0 fully saturated rings. The summed E-state index contributed by atoms with van der Waals surface area (Å²) in [5.74, 6) is 0.441. The van der Waals surface area contributed by atoms with Gasteiger partial charge < -0.3 is 15.5 Å². The minimum Gasteiger partial charge on any atom is -0.413 e. The lowest BCUT2D eigenvalue weighted by Crippen LogP contribution is -2.49. The first-order valence-corrected chi connectivity index (χ1v) is 21.4. The van der Waals surface area contributed by atoms with Gasteiger partial charge in [-0.25, -0.2) is 0 Å². The van der Waals surface area contributed by atoms with Gasteiger partial charge in [-0.1, -0.05) is 139 Å². The molecular formula is C41H60N2O3SSi. The second-order valence-electron chi connectivity index (χ2n) is 16.0. The molecule has 0 spiro atoms. The Morgan fingerprint density at radius 3 is 1.58 bits per heavy atom. The highest BCUT2D eigenvalue weighted by molar-refractivity contribution is 8.00. The van der Waals surface area contributed by atoms with Gasteiger partial charge in [0.25, 0.3) is 0 Å². The molecule has 0 saturated heterocycles. The number of nitrogens with one attached hydrogen (secondary N) is 1. The van der Waals surface area contributed by atoms with Gasteiger partial charge in [0.1, 0.15) is 0 Å². The molecule has 2 amide bonds. The number of benzene rings is 3. The quantitative estimate of drug-likeness (QED) is 0.109. The lowest BCUT2D eigenvalue weighted by molar-refractivity contribution is -0.129. The van der Waals surface area contributed by atoms with Crippen LogP contribution in [0.15, 0.2) is 91.0 Å². The van der Waals surface area contributed by atoms with Crippen molar-refractivity contribution in [2.24, 2.45) is 23.0 Å². The topological polar surface area (TPSA) is 81.4 Å². The van der Waals surface area contributed by atoms with E-state index in [4.69, 9.17) is 10.2 Å². The van der Waals surface area contributed by atoms with E-state index in [-0.39, 0.29) is 41.3 Å². The molecule has 3 atom stereocenters. The predicted molar refractivity (Wildman–Crippen MR) is 206 cm³/mol. The smallest absolute Gasteiger partial charge is 0.223 e. The fraction of sp³-hybridized carbons (Fsp3) is 0.512. The summed E-state index contributed by atoms with van der Waals surface area (Å²) in [4.78, 5) is 25.9. The Balaban J connectivity index is 2.08. The van der Waals surface area contributed by atoms with Gasteiger partial charge in [0.05, 0.1) is 10.9 Å². The Bertz CT molecular complexity index is 1340. The van der Waals surface area contributed by atoms with Crippen molar-refractivity contribution in [3.8, 4) is 0 Å². The third kappa shape index (κ3) is 10.3. The van der Waals surface area contributed by atoms with E-state index in [1.54, 1.807) is 0 Å². The molecule has 0 bridgehead atoms. The second kappa shape index (κ2) is 16.7. The molecule has 0 unspecified atom stereocenters. The third-order valence-electron chi connectivity index (χ3n) is 10.1. The maximum absolute atomic E-state index is 14.1. The zero-order valence-corrected chi connectivity index (χ0v) is 32.8. The van der Waals surface area contributed by atoms with Crippen molar-refractivity contribution in [1.82, 2.24) is 5.32 Å². The zero-order valence-electron chi connectivity index (χ0n) is 31.0. The Morgan fingerprint density at radius 2 is 1.21 bits per heavy atom. The number of hydrogen-bond donors (Lipinski definition) is 2. The molecule has 3 aromatic carbocycles. The van der Waals surface area contributed by atoms with Gasteiger partial charge in [-0.2, -0.15) is 0 Å². The number of rotatable bonds is 17. The molecule has 3 aromatic rings. The summed E-state index contributed by atoms with van der Waals surface area (Å²) in [7, 11) is -2.22. The molecule has 0 heterocycles. The summed E-state index contributed by atoms with van der Waals surface area (Å²) >= 11 is 1.90. The van der Waals surface area contributed by atoms with Gasteiger partial charge in [0.2, 0.25) is 11.8 Å². The minimum atomic E-state index is -2.22. The minimum absolute atomic E-state index is 0.00833. The largest absolute Gasteiger partial charge is 0.413 e. The first kappa shape index (κ1) is 39.6. The van der Waals surface area contributed by atoms with E-state index in [0.717, 1.165) is 6.42 Å². The van der Waals surface area contributed by atoms with Gasteiger partial charge in [-0.05, 0) is 65.9 Å². The van der Waals surface area contributed by atoms with E-state index in [1.807, 2.05) is 32.5 Å². The lowest BCUT2D eigenvalue weighted by atomic mass is 9.81. The Morgan fingerprint density at radius 1 is 0.771 bits per heavy atom. The third-order valence-corrected chi connectivity index (χ3v) is 16.3. The van der Waals surface area contributed by atoms with Crippen LogP contribution in [0.5, 0.6) is 0 Å². The van der Waals surface area contributed by atoms with E-state index in [9.17, 15) is 9.59 Å². The first-order chi connectivity index (χ1) is 22.4. The van der Waals surface area contributed by atoms with Crippen LogP contribution >= 0.6 is 11.8 Å². The molecule has 0 aliphatic heterocycles. The van der Waals surface area contributed by atoms with Crippen LogP contribution in [0.3, 0.4) is 0 Å². The Kier molecular flexibility index (Phi) is 13.8. The molecule has 7 heteroatoms. The Labute approximate surface area is 296 Å². The van der Waals surface area contributed by atoms with Gasteiger partial charge in [0, 0.05) is 24.1 Å². The van der Waals surface area contributed by atoms with E-state index in [2.05, 4.69) is 144 Å². The van der Waals surface area contributed by atoms with Crippen LogP contribution in [-0.4, -0.2) is 38.0 Å². The maximum atomic E-state index is 14.1. The van der Waals surface area contributed by atoms with Crippen molar-refractivity contribution in [3.05, 3.63) is 108 Å². The van der Waals surface area contributed by atoms with Crippen molar-refractivity contribution in [2.75, 3.05) is 5.75 Å². The Hall–Kier alpha value is -2.87. The second-order valence-corrected chi connectivity index (χ2v) is 22.0. The lowest BCUT2D eigenvalue weighted by Gasteiger charge is -2.42. The fourth-order valence-corrected chi connectivity index (χ4v) is 9.09. The normalized spacial score (nSPS) is 14.7. The molecule has 48 heavy (non-hydrogen) atoms. The number of primary amides is 1. The summed E-state index contributed by atoms with van der Waals surface area (Å²) < 4.78 is 6.79. The number of hydrogen-bond acceptors (Lipinski definition) is 4. The molecule has 0 aliphatic rings. The van der Waals surface area contributed by atoms with Gasteiger partial charge >= 0.3 is 0 Å². The van der Waals surface area contributed by atoms with E-state index in [0.29, 0.717) is 18.1 Å². The molecule has 5 nitrogen and oxygen atoms in total. The van der Waals surface area contributed by atoms with E-state index in [1.165, 1.54) is 16.7 Å². The van der Waals surface area contributed by atoms with Gasteiger partial charge in [-0.15, -0.1) is 11.8 Å². The highest BCUT2D eigenvalue weighted by atomic mass is 32.2. The molecular weight excluding hydrogens is 629 g/mol. The molecule has 3 N–H and O–H groups in total. The van der Waals surface area contributed by atoms with Crippen LogP contribution < -0.4 is 11.1 Å². The summed E-state index contributed by atoms with van der Waals surface area (Å²) in [5.41, 5.74) is 8.73. The monoisotopic (exact) mass is 688 g/mol. The number of carbonyl (C=O) groups excluding carboxylic acids is 2. The molecule has 0 saturated carbocycles. The average Bonchev–Trinajstić information content (AvgIpc) is 3.01. The van der Waals surface area contributed by atoms with Crippen LogP contribution in [-0.2, 0) is 18.8 Å². The zero-order chi connectivity index (χ0) is 35.8. The van der Waals surface area contributed by atoms with Crippen LogP contribution in [0.25, 0.3) is 0 Å². The standard InChI is InChI=1S/C41H60N2O3SSi/c1-30(2)26-32(38(45)43-31(3)40(7,8)28-37(42)44)27-36(46-48(9,10)39(4,5)6)29-47-41(33-20-14-11-15-21-33,34-22-16-12-17-23-34)35-24-18-13-19-25-35/h11-25,30-32,36H,26-29H2,1-10H3,(H2,42,44)(H,43,45)/t31-,32+,36+/m0/s1. The van der Waals surface area contributed by atoms with Crippen molar-refractivity contribution in [1.29, 1.82) is 0 Å². The number of carbonyl (C=O) groups is 2. The summed E-state index contributed by atoms with van der Waals surface area (Å²) in [5, 5.41) is 3.29. The van der Waals surface area contributed by atoms with Gasteiger partial charge in [0.15, 0.2) is 8.32 Å². The van der Waals surface area contributed by atoms with E-state index < -0.39 is 18.5 Å². The molecule has 3 rings (SSSR count). The maximum Gasteiger partial charge on any atom is 0.223 e. The van der Waals surface area contributed by atoms with Crippen molar-refractivity contribution < 1.29 is 14.0 Å². The highest BCUT2D eigenvalue weighted by Gasteiger charge is 2.43. The molecule has 0 aromatic heterocycles. The van der Waals surface area contributed by atoms with E-state index >= 15 is 0 Å². The van der Waals surface area contributed by atoms with Crippen molar-refractivity contribution >= 4 is 31.9 Å². The predicted octanol–water partition coefficient (Wildman–Crippen LogP) is 9.56. The summed E-state index contributed by atoms with van der Waals surface area (Å²) in [6.07, 6.45) is 1.41. The van der Waals surface area contributed by atoms with Crippen LogP contribution in [0.1, 0.15) is 91.3 Å². The van der Waals surface area contributed by atoms with Crippen LogP contribution in [0, 0.1) is 17.3 Å². The fourth-order valence-electron chi connectivity index (χ4n) is 6.06. The van der Waals surface area contributed by atoms with Crippen molar-refractivity contribution in [3.63, 3.8) is 0 Å². The van der Waals surface area contributed by atoms with Crippen molar-refractivity contribution in [2.45, 2.75) is 110 Å². The van der Waals surface area contributed by atoms with Gasteiger partial charge in [-0.3, -0.25) is 9.59 Å². The molecule has 0 radical (unpaired) electrons. The summed E-state index contributed by atoms with van der Waals surface area (Å²) in [6.45, 7) is 21.7. The number of nitrogens with two attached hydrogens (primary N) is 1. The van der Waals surface area contributed by atoms with Crippen LogP contribution in [0.2, 0.25) is 18.1 Å². The molecule has 0 aliphatic carbocycles. The summed E-state index contributed by atoms with van der Waals surface area (Å²) in [6, 6.07) is 32.0. The number of amides is 2.